The maximum absolute atomic E-state index is 11.0. The fourth-order valence-electron chi connectivity index (χ4n) is 2.03. The van der Waals surface area contributed by atoms with Crippen LogP contribution in [-0.2, 0) is 0 Å². The van der Waals surface area contributed by atoms with Crippen LogP contribution in [0.5, 0.6) is 5.75 Å². The summed E-state index contributed by atoms with van der Waals surface area (Å²) in [5.41, 5.74) is 7.44. The van der Waals surface area contributed by atoms with Gasteiger partial charge in [0.2, 0.25) is 6.54 Å². The number of nitrogens with zero attached hydrogens (tertiary/aromatic N) is 1. The molecule has 0 aliphatic heterocycles. The Morgan fingerprint density at radius 2 is 1.91 bits per heavy atom. The van der Waals surface area contributed by atoms with E-state index in [4.69, 9.17) is 10.5 Å². The third-order valence-corrected chi connectivity index (χ3v) is 4.40. The van der Waals surface area contributed by atoms with Gasteiger partial charge >= 0.3 is 0 Å². The average molecular weight is 318 g/mol. The number of benzene rings is 2. The predicted molar refractivity (Wildman–Crippen MR) is 88.9 cm³/mol. The van der Waals surface area contributed by atoms with Crippen molar-refractivity contribution in [3.05, 3.63) is 64.2 Å². The number of ether oxygens (including phenoxy) is 1. The van der Waals surface area contributed by atoms with Crippen LogP contribution in [0.2, 0.25) is 0 Å². The van der Waals surface area contributed by atoms with Crippen LogP contribution in [0.3, 0.4) is 0 Å². The zero-order chi connectivity index (χ0) is 15.9. The van der Waals surface area contributed by atoms with Crippen molar-refractivity contribution in [2.45, 2.75) is 17.1 Å². The van der Waals surface area contributed by atoms with Gasteiger partial charge in [-0.1, -0.05) is 24.3 Å². The molecule has 0 bridgehead atoms. The quantitative estimate of drug-likeness (QED) is 0.364. The number of hydrogen-bond acceptors (Lipinski definition) is 5. The molecular weight excluding hydrogens is 300 g/mol. The van der Waals surface area contributed by atoms with Gasteiger partial charge in [0.15, 0.2) is 0 Å². The van der Waals surface area contributed by atoms with Gasteiger partial charge in [0.05, 0.1) is 11.9 Å². The molecule has 0 saturated carbocycles. The second kappa shape index (κ2) is 7.70. The van der Waals surface area contributed by atoms with Crippen molar-refractivity contribution in [3.63, 3.8) is 0 Å². The first-order chi connectivity index (χ1) is 10.6. The number of nitrogen functional groups attached to an aromatic ring is 1. The molecule has 0 saturated heterocycles. The Labute approximate surface area is 133 Å². The zero-order valence-electron chi connectivity index (χ0n) is 12.3. The molecule has 0 fully saturated rings. The van der Waals surface area contributed by atoms with Gasteiger partial charge in [0.25, 0.3) is 0 Å². The van der Waals surface area contributed by atoms with Gasteiger partial charge in [-0.05, 0) is 36.8 Å². The molecule has 0 radical (unpaired) electrons. The van der Waals surface area contributed by atoms with Gasteiger partial charge in [-0.15, -0.1) is 11.8 Å². The molecule has 2 aromatic carbocycles. The fourth-order valence-corrected chi connectivity index (χ4v) is 3.19. The molecule has 1 atom stereocenters. The van der Waals surface area contributed by atoms with Crippen LogP contribution in [0.1, 0.15) is 17.7 Å². The second-order valence-electron chi connectivity index (χ2n) is 4.66. The first kappa shape index (κ1) is 16.2. The molecule has 0 aliphatic rings. The lowest BCUT2D eigenvalue weighted by Gasteiger charge is -2.15. The van der Waals surface area contributed by atoms with E-state index in [-0.39, 0.29) is 16.7 Å². The largest absolute Gasteiger partial charge is 0.494 e. The normalized spacial score (nSPS) is 11.9. The highest BCUT2D eigenvalue weighted by Gasteiger charge is 2.20. The molecule has 0 heterocycles. The summed E-state index contributed by atoms with van der Waals surface area (Å²) < 4.78 is 5.40. The molecule has 2 N–H and O–H groups in total. The Kier molecular flexibility index (Phi) is 5.66. The van der Waals surface area contributed by atoms with Crippen molar-refractivity contribution in [2.24, 2.45) is 0 Å². The number of nitrogens with two attached hydrogens (primary N) is 1. The maximum atomic E-state index is 11.0. The summed E-state index contributed by atoms with van der Waals surface area (Å²) in [6, 6.07) is 14.8. The van der Waals surface area contributed by atoms with Gasteiger partial charge in [0.1, 0.15) is 5.75 Å². The van der Waals surface area contributed by atoms with Crippen LogP contribution in [0.4, 0.5) is 5.69 Å². The topological polar surface area (TPSA) is 78.4 Å². The van der Waals surface area contributed by atoms with Crippen LogP contribution < -0.4 is 10.5 Å². The van der Waals surface area contributed by atoms with Crippen molar-refractivity contribution >= 4 is 17.4 Å². The third-order valence-electron chi connectivity index (χ3n) is 3.07. The lowest BCUT2D eigenvalue weighted by molar-refractivity contribution is -0.479. The fraction of sp³-hybridized carbons (Fsp3) is 0.250. The molecule has 2 aromatic rings. The van der Waals surface area contributed by atoms with Crippen molar-refractivity contribution in [2.75, 3.05) is 18.9 Å². The van der Waals surface area contributed by atoms with Crippen molar-refractivity contribution in [1.82, 2.24) is 0 Å². The lowest BCUT2D eigenvalue weighted by Crippen LogP contribution is -2.10. The van der Waals surface area contributed by atoms with Gasteiger partial charge < -0.3 is 10.5 Å². The predicted octanol–water partition coefficient (Wildman–Crippen LogP) is 3.78. The minimum atomic E-state index is -0.298. The highest BCUT2D eigenvalue weighted by atomic mass is 32.2. The van der Waals surface area contributed by atoms with Crippen LogP contribution >= 0.6 is 11.8 Å². The maximum Gasteiger partial charge on any atom is 0.220 e. The molecule has 0 aromatic heterocycles. The number of thioether (sulfide) groups is 1. The van der Waals surface area contributed by atoms with Crippen LogP contribution in [0.25, 0.3) is 0 Å². The van der Waals surface area contributed by atoms with Crippen molar-refractivity contribution in [1.29, 1.82) is 0 Å². The Morgan fingerprint density at radius 3 is 2.50 bits per heavy atom. The van der Waals surface area contributed by atoms with Crippen molar-refractivity contribution in [3.8, 4) is 5.75 Å². The van der Waals surface area contributed by atoms with Gasteiger partial charge in [0, 0.05) is 15.5 Å². The number of para-hydroxylation sites is 1. The first-order valence-electron chi connectivity index (χ1n) is 6.96. The van der Waals surface area contributed by atoms with E-state index >= 15 is 0 Å². The molecule has 0 aliphatic carbocycles. The number of hydrogen-bond donors (Lipinski definition) is 1. The van der Waals surface area contributed by atoms with Gasteiger partial charge in [-0.3, -0.25) is 10.1 Å². The smallest absolute Gasteiger partial charge is 0.220 e. The number of nitro groups is 1. The number of anilines is 1. The molecule has 22 heavy (non-hydrogen) atoms. The van der Waals surface area contributed by atoms with E-state index in [1.165, 1.54) is 11.8 Å². The average Bonchev–Trinajstić information content (AvgIpc) is 2.49. The standard InChI is InChI=1S/C16H18N2O3S/c1-2-21-13-9-7-12(8-10-13)16(11-18(19)20)22-15-6-4-3-5-14(15)17/h3-10,16H,2,11,17H2,1H3/t16-/m0/s1. The first-order valence-corrected chi connectivity index (χ1v) is 7.84. The minimum absolute atomic E-state index is 0.160. The number of rotatable bonds is 7. The van der Waals surface area contributed by atoms with Crippen LogP contribution in [0.15, 0.2) is 53.4 Å². The molecule has 0 unspecified atom stereocenters. The Hall–Kier alpha value is -2.21. The Balaban J connectivity index is 2.22. The highest BCUT2D eigenvalue weighted by Crippen LogP contribution is 2.38. The molecule has 0 spiro atoms. The summed E-state index contributed by atoms with van der Waals surface area (Å²) in [7, 11) is 0. The lowest BCUT2D eigenvalue weighted by atomic mass is 10.1. The SMILES string of the molecule is CCOc1ccc([C@H](C[N+](=O)[O-])Sc2ccccc2N)cc1. The van der Waals surface area contributed by atoms with E-state index in [0.29, 0.717) is 12.3 Å². The Morgan fingerprint density at radius 1 is 1.23 bits per heavy atom. The summed E-state index contributed by atoms with van der Waals surface area (Å²) in [5, 5.41) is 10.7. The van der Waals surface area contributed by atoms with E-state index in [9.17, 15) is 10.1 Å². The molecule has 5 nitrogen and oxygen atoms in total. The molecule has 6 heteroatoms. The molecule has 116 valence electrons. The highest BCUT2D eigenvalue weighted by molar-refractivity contribution is 7.99. The summed E-state index contributed by atoms with van der Waals surface area (Å²) in [6.45, 7) is 2.34. The van der Waals surface area contributed by atoms with E-state index in [2.05, 4.69) is 0 Å². The van der Waals surface area contributed by atoms with E-state index in [1.54, 1.807) is 6.07 Å². The van der Waals surface area contributed by atoms with Gasteiger partial charge in [-0.2, -0.15) is 0 Å². The zero-order valence-corrected chi connectivity index (χ0v) is 13.1. The summed E-state index contributed by atoms with van der Waals surface area (Å²) >= 11 is 1.41. The third kappa shape index (κ3) is 4.39. The summed E-state index contributed by atoms with van der Waals surface area (Å²) in [5.74, 6) is 0.760. The summed E-state index contributed by atoms with van der Waals surface area (Å²) in [6.07, 6.45) is 0. The van der Waals surface area contributed by atoms with Crippen LogP contribution in [-0.4, -0.2) is 18.1 Å². The second-order valence-corrected chi connectivity index (χ2v) is 5.91. The van der Waals surface area contributed by atoms with E-state index < -0.39 is 0 Å². The Bertz CT molecular complexity index is 632. The van der Waals surface area contributed by atoms with Gasteiger partial charge in [-0.25, -0.2) is 0 Å². The summed E-state index contributed by atoms with van der Waals surface area (Å²) in [4.78, 5) is 11.5. The molecule has 0 amide bonds. The minimum Gasteiger partial charge on any atom is -0.494 e. The van der Waals surface area contributed by atoms with Crippen LogP contribution in [0, 0.1) is 10.1 Å². The molecular formula is C16H18N2O3S. The monoisotopic (exact) mass is 318 g/mol. The van der Waals surface area contributed by atoms with Crippen molar-refractivity contribution < 1.29 is 9.66 Å². The van der Waals surface area contributed by atoms with E-state index in [0.717, 1.165) is 16.2 Å². The molecule has 2 rings (SSSR count). The van der Waals surface area contributed by atoms with E-state index in [1.807, 2.05) is 49.4 Å².